The van der Waals surface area contributed by atoms with Crippen molar-refractivity contribution in [3.63, 3.8) is 0 Å². The summed E-state index contributed by atoms with van der Waals surface area (Å²) >= 11 is 0. The van der Waals surface area contributed by atoms with Crippen LogP contribution >= 0.6 is 0 Å². The maximum absolute atomic E-state index is 14.4. The molecule has 6 nitrogen and oxygen atoms in total. The van der Waals surface area contributed by atoms with Gasteiger partial charge in [0.1, 0.15) is 17.2 Å². The van der Waals surface area contributed by atoms with Gasteiger partial charge in [-0.3, -0.25) is 0 Å². The summed E-state index contributed by atoms with van der Waals surface area (Å²) in [5.74, 6) is -1.18. The second kappa shape index (κ2) is 8.99. The number of likely N-dealkylation sites (tertiary alicyclic amines) is 1. The number of anilines is 2. The van der Waals surface area contributed by atoms with E-state index < -0.39 is 29.3 Å². The number of benzene rings is 1. The van der Waals surface area contributed by atoms with Gasteiger partial charge in [0.25, 0.3) is 0 Å². The molecule has 0 atom stereocenters. The second-order valence-electron chi connectivity index (χ2n) is 8.86. The van der Waals surface area contributed by atoms with Gasteiger partial charge in [0, 0.05) is 36.5 Å². The molecule has 2 aromatic rings. The maximum atomic E-state index is 14.4. The number of aromatic nitrogens is 1. The van der Waals surface area contributed by atoms with Crippen molar-refractivity contribution in [1.29, 1.82) is 5.41 Å². The Morgan fingerprint density at radius 1 is 1.24 bits per heavy atom. The third kappa shape index (κ3) is 5.61. The molecule has 1 saturated heterocycles. The van der Waals surface area contributed by atoms with Crippen molar-refractivity contribution in [2.75, 3.05) is 18.4 Å². The number of nitrogens with one attached hydrogen (secondary N) is 2. The van der Waals surface area contributed by atoms with Gasteiger partial charge in [0.05, 0.1) is 11.3 Å². The number of pyridine rings is 1. The molecule has 2 heterocycles. The van der Waals surface area contributed by atoms with Crippen molar-refractivity contribution < 1.29 is 27.1 Å². The molecule has 1 aromatic carbocycles. The first-order valence-corrected chi connectivity index (χ1v) is 10.5. The molecule has 0 spiro atoms. The molecule has 1 amide bonds. The first-order valence-electron chi connectivity index (χ1n) is 10.5. The Balaban J connectivity index is 1.82. The Labute approximate surface area is 189 Å². The molecule has 1 aromatic heterocycles. The van der Waals surface area contributed by atoms with Crippen LogP contribution in [0.1, 0.15) is 44.4 Å². The fourth-order valence-corrected chi connectivity index (χ4v) is 3.45. The summed E-state index contributed by atoms with van der Waals surface area (Å²) in [7, 11) is 0. The SMILES string of the molecule is CCc1ccnc(Nc2ccc(C(F)(F)F)cc2F)c1C(=N)C1CN(C(=O)OC(C)(C)C)C1. The van der Waals surface area contributed by atoms with Crippen LogP contribution in [0.15, 0.2) is 30.5 Å². The molecule has 0 saturated carbocycles. The molecule has 0 aliphatic carbocycles. The van der Waals surface area contributed by atoms with Crippen molar-refractivity contribution in [2.24, 2.45) is 5.92 Å². The van der Waals surface area contributed by atoms with Gasteiger partial charge < -0.3 is 20.4 Å². The molecule has 1 aliphatic rings. The predicted molar refractivity (Wildman–Crippen MR) is 116 cm³/mol. The average Bonchev–Trinajstić information content (AvgIpc) is 2.65. The van der Waals surface area contributed by atoms with E-state index in [-0.39, 0.29) is 23.1 Å². The number of hydrogen-bond acceptors (Lipinski definition) is 5. The Bertz CT molecular complexity index is 1060. The molecule has 2 N–H and O–H groups in total. The van der Waals surface area contributed by atoms with E-state index in [0.29, 0.717) is 31.1 Å². The molecule has 0 radical (unpaired) electrons. The van der Waals surface area contributed by atoms with Crippen LogP contribution in [0.2, 0.25) is 0 Å². The smallest absolute Gasteiger partial charge is 0.416 e. The Morgan fingerprint density at radius 2 is 1.91 bits per heavy atom. The summed E-state index contributed by atoms with van der Waals surface area (Å²) in [5.41, 5.74) is -0.451. The fraction of sp³-hybridized carbons (Fsp3) is 0.435. The number of rotatable bonds is 5. The minimum atomic E-state index is -4.66. The zero-order chi connectivity index (χ0) is 24.6. The summed E-state index contributed by atoms with van der Waals surface area (Å²) in [6.07, 6.45) is -3.06. The number of halogens is 4. The molecule has 1 fully saturated rings. The van der Waals surface area contributed by atoms with Crippen LogP contribution in [0.3, 0.4) is 0 Å². The summed E-state index contributed by atoms with van der Waals surface area (Å²) in [5, 5.41) is 11.5. The third-order valence-corrected chi connectivity index (χ3v) is 5.18. The Kier molecular flexibility index (Phi) is 6.67. The predicted octanol–water partition coefficient (Wildman–Crippen LogP) is 5.78. The van der Waals surface area contributed by atoms with E-state index in [1.807, 2.05) is 6.92 Å². The van der Waals surface area contributed by atoms with Gasteiger partial charge in [0.2, 0.25) is 0 Å². The van der Waals surface area contributed by atoms with Gasteiger partial charge in [-0.15, -0.1) is 0 Å². The number of carbonyl (C=O) groups excluding carboxylic acids is 1. The van der Waals surface area contributed by atoms with E-state index in [1.165, 1.54) is 11.1 Å². The molecular formula is C23H26F4N4O2. The highest BCUT2D eigenvalue weighted by molar-refractivity contribution is 6.06. The highest BCUT2D eigenvalue weighted by Gasteiger charge is 2.38. The van der Waals surface area contributed by atoms with E-state index in [4.69, 9.17) is 10.1 Å². The van der Waals surface area contributed by atoms with Crippen LogP contribution in [0.5, 0.6) is 0 Å². The Morgan fingerprint density at radius 3 is 2.45 bits per heavy atom. The largest absolute Gasteiger partial charge is 0.444 e. The van der Waals surface area contributed by atoms with Crippen molar-refractivity contribution in [1.82, 2.24) is 9.88 Å². The van der Waals surface area contributed by atoms with Gasteiger partial charge in [-0.25, -0.2) is 14.2 Å². The van der Waals surface area contributed by atoms with Crippen molar-refractivity contribution in [3.8, 4) is 0 Å². The van der Waals surface area contributed by atoms with E-state index >= 15 is 0 Å². The molecular weight excluding hydrogens is 440 g/mol. The van der Waals surface area contributed by atoms with E-state index in [1.54, 1.807) is 26.8 Å². The van der Waals surface area contributed by atoms with Crippen molar-refractivity contribution in [3.05, 3.63) is 53.0 Å². The lowest BCUT2D eigenvalue weighted by Crippen LogP contribution is -2.54. The van der Waals surface area contributed by atoms with Crippen LogP contribution in [-0.4, -0.2) is 40.4 Å². The molecule has 178 valence electrons. The van der Waals surface area contributed by atoms with E-state index in [0.717, 1.165) is 17.7 Å². The summed E-state index contributed by atoms with van der Waals surface area (Å²) in [6, 6.07) is 3.94. The number of ether oxygens (including phenoxy) is 1. The lowest BCUT2D eigenvalue weighted by atomic mass is 9.87. The first kappa shape index (κ1) is 24.5. The van der Waals surface area contributed by atoms with Gasteiger partial charge in [0.15, 0.2) is 0 Å². The quantitative estimate of drug-likeness (QED) is 0.433. The fourth-order valence-electron chi connectivity index (χ4n) is 3.45. The van der Waals surface area contributed by atoms with Crippen LogP contribution < -0.4 is 5.32 Å². The third-order valence-electron chi connectivity index (χ3n) is 5.18. The molecule has 0 unspecified atom stereocenters. The molecule has 3 rings (SSSR count). The molecule has 1 aliphatic heterocycles. The summed E-state index contributed by atoms with van der Waals surface area (Å²) < 4.78 is 58.3. The van der Waals surface area contributed by atoms with Crippen LogP contribution in [0.4, 0.5) is 33.9 Å². The summed E-state index contributed by atoms with van der Waals surface area (Å²) in [4.78, 5) is 17.9. The van der Waals surface area contributed by atoms with E-state index in [2.05, 4.69) is 10.3 Å². The van der Waals surface area contributed by atoms with Crippen molar-refractivity contribution in [2.45, 2.75) is 45.9 Å². The zero-order valence-electron chi connectivity index (χ0n) is 18.8. The molecule has 10 heteroatoms. The standard InChI is InChI=1S/C23H26F4N4O2/c1-5-13-8-9-29-20(30-17-7-6-15(10-16(17)24)23(25,26)27)18(13)19(28)14-11-31(12-14)21(32)33-22(2,3)4/h6-10,14,28H,5,11-12H2,1-4H3,(H,29,30). The number of amides is 1. The normalized spacial score (nSPS) is 14.6. The maximum Gasteiger partial charge on any atom is 0.416 e. The minimum Gasteiger partial charge on any atom is -0.444 e. The number of alkyl halides is 3. The van der Waals surface area contributed by atoms with Gasteiger partial charge in [-0.05, 0) is 57.0 Å². The monoisotopic (exact) mass is 466 g/mol. The van der Waals surface area contributed by atoms with Gasteiger partial charge in [-0.1, -0.05) is 6.92 Å². The lowest BCUT2D eigenvalue weighted by Gasteiger charge is -2.40. The second-order valence-corrected chi connectivity index (χ2v) is 8.86. The number of aryl methyl sites for hydroxylation is 1. The number of hydrogen-bond donors (Lipinski definition) is 2. The van der Waals surface area contributed by atoms with Gasteiger partial charge in [-0.2, -0.15) is 13.2 Å². The Hall–Kier alpha value is -3.17. The topological polar surface area (TPSA) is 78.3 Å². The lowest BCUT2D eigenvalue weighted by molar-refractivity contribution is -0.137. The molecule has 0 bridgehead atoms. The first-order chi connectivity index (χ1) is 15.3. The van der Waals surface area contributed by atoms with Gasteiger partial charge >= 0.3 is 12.3 Å². The van der Waals surface area contributed by atoms with Crippen LogP contribution in [0.25, 0.3) is 0 Å². The average molecular weight is 466 g/mol. The van der Waals surface area contributed by atoms with Crippen LogP contribution in [0, 0.1) is 17.1 Å². The molecule has 33 heavy (non-hydrogen) atoms. The zero-order valence-corrected chi connectivity index (χ0v) is 18.8. The highest BCUT2D eigenvalue weighted by atomic mass is 19.4. The number of nitrogens with zero attached hydrogens (tertiary/aromatic N) is 2. The van der Waals surface area contributed by atoms with Crippen LogP contribution in [-0.2, 0) is 17.3 Å². The summed E-state index contributed by atoms with van der Waals surface area (Å²) in [6.45, 7) is 7.78. The van der Waals surface area contributed by atoms with E-state index in [9.17, 15) is 22.4 Å². The highest BCUT2D eigenvalue weighted by Crippen LogP contribution is 2.33. The minimum absolute atomic E-state index is 0.175. The number of carbonyl (C=O) groups is 1. The van der Waals surface area contributed by atoms with Crippen molar-refractivity contribution >= 4 is 23.3 Å².